The van der Waals surface area contributed by atoms with Gasteiger partial charge >= 0.3 is 5.97 Å². The van der Waals surface area contributed by atoms with Crippen molar-refractivity contribution in [1.29, 1.82) is 0 Å². The number of halogens is 2. The number of benzene rings is 1. The number of carboxylic acid groups (broad SMARTS) is 1. The molecular formula is C30H36Cl2N8O4. The Morgan fingerprint density at radius 2 is 1.41 bits per heavy atom. The van der Waals surface area contributed by atoms with E-state index in [2.05, 4.69) is 29.6 Å². The highest BCUT2D eigenvalue weighted by molar-refractivity contribution is 6.35. The standard InChI is InChI=1S/C30H36Cl2N8O4/c31-23-15-22(16-24(32)17-23)26-13-21(20-39-7-5-37(6-8-39)3-1-27(33)41)14-28(36-26)44-25-18-34-30(35-19-25)40-11-9-38(10-12-40)4-2-29(42)43/h13-19H,1-12,20H2,(H2,33,41)(H,42,43). The molecule has 44 heavy (non-hydrogen) atoms. The van der Waals surface area contributed by atoms with Crippen molar-refractivity contribution in [1.82, 2.24) is 29.7 Å². The van der Waals surface area contributed by atoms with Crippen molar-refractivity contribution in [3.05, 3.63) is 58.3 Å². The summed E-state index contributed by atoms with van der Waals surface area (Å²) in [5.41, 5.74) is 7.79. The van der Waals surface area contributed by atoms with Crippen LogP contribution in [0.3, 0.4) is 0 Å². The summed E-state index contributed by atoms with van der Waals surface area (Å²) in [6.45, 7) is 8.30. The predicted octanol–water partition coefficient (Wildman–Crippen LogP) is 3.23. The van der Waals surface area contributed by atoms with E-state index in [0.717, 1.165) is 50.4 Å². The minimum Gasteiger partial charge on any atom is -0.481 e. The maximum absolute atomic E-state index is 11.2. The van der Waals surface area contributed by atoms with Crippen LogP contribution >= 0.6 is 23.2 Å². The number of nitrogens with two attached hydrogens (primary N) is 1. The second kappa shape index (κ2) is 15.0. The lowest BCUT2D eigenvalue weighted by molar-refractivity contribution is -0.137. The van der Waals surface area contributed by atoms with E-state index in [4.69, 9.17) is 43.8 Å². The number of piperazine rings is 2. The Kier molecular flexibility index (Phi) is 10.8. The molecule has 0 spiro atoms. The van der Waals surface area contributed by atoms with Crippen LogP contribution in [0.15, 0.2) is 42.7 Å². The first-order chi connectivity index (χ1) is 21.2. The number of hydrogen-bond acceptors (Lipinski definition) is 10. The summed E-state index contributed by atoms with van der Waals surface area (Å²) in [6, 6.07) is 9.25. The van der Waals surface area contributed by atoms with Crippen LogP contribution in [0.4, 0.5) is 5.95 Å². The number of aliphatic carboxylic acids is 1. The third-order valence-corrected chi connectivity index (χ3v) is 8.14. The van der Waals surface area contributed by atoms with E-state index >= 15 is 0 Å². The monoisotopic (exact) mass is 642 g/mol. The average Bonchev–Trinajstić information content (AvgIpc) is 3.00. The molecular weight excluding hydrogens is 607 g/mol. The number of nitrogens with zero attached hydrogens (tertiary/aromatic N) is 7. The molecule has 3 aromatic rings. The van der Waals surface area contributed by atoms with Crippen LogP contribution in [0.25, 0.3) is 11.3 Å². The first-order valence-electron chi connectivity index (χ1n) is 14.6. The van der Waals surface area contributed by atoms with Crippen molar-refractivity contribution in [2.75, 3.05) is 70.3 Å². The van der Waals surface area contributed by atoms with E-state index in [9.17, 15) is 9.59 Å². The smallest absolute Gasteiger partial charge is 0.304 e. The van der Waals surface area contributed by atoms with Gasteiger partial charge in [-0.2, -0.15) is 0 Å². The lowest BCUT2D eigenvalue weighted by Crippen LogP contribution is -2.47. The van der Waals surface area contributed by atoms with Crippen LogP contribution in [0, 0.1) is 0 Å². The SMILES string of the molecule is NC(=O)CCN1CCN(Cc2cc(Oc3cnc(N4CCN(CCC(=O)O)CC4)nc3)nc(-c3cc(Cl)cc(Cl)c3)c2)CC1. The average molecular weight is 644 g/mol. The van der Waals surface area contributed by atoms with Crippen LogP contribution in [0.1, 0.15) is 18.4 Å². The zero-order chi connectivity index (χ0) is 31.1. The molecule has 1 amide bonds. The molecule has 2 aliphatic rings. The lowest BCUT2D eigenvalue weighted by atomic mass is 10.1. The molecule has 2 saturated heterocycles. The molecule has 12 nitrogen and oxygen atoms in total. The first kappa shape index (κ1) is 31.9. The van der Waals surface area contributed by atoms with Gasteiger partial charge in [-0.3, -0.25) is 19.4 Å². The highest BCUT2D eigenvalue weighted by Crippen LogP contribution is 2.30. The fraction of sp³-hybridized carbons (Fsp3) is 0.433. The van der Waals surface area contributed by atoms with Gasteiger partial charge in [-0.25, -0.2) is 15.0 Å². The van der Waals surface area contributed by atoms with Gasteiger partial charge in [0.05, 0.1) is 24.5 Å². The molecule has 4 heterocycles. The largest absolute Gasteiger partial charge is 0.481 e. The molecule has 14 heteroatoms. The van der Waals surface area contributed by atoms with Gasteiger partial charge < -0.3 is 25.4 Å². The van der Waals surface area contributed by atoms with Gasteiger partial charge in [0.1, 0.15) is 0 Å². The van der Waals surface area contributed by atoms with E-state index in [1.807, 2.05) is 24.3 Å². The molecule has 0 unspecified atom stereocenters. The maximum atomic E-state index is 11.2. The fourth-order valence-electron chi connectivity index (χ4n) is 5.32. The quantitative estimate of drug-likeness (QED) is 0.301. The van der Waals surface area contributed by atoms with Crippen LogP contribution in [0.5, 0.6) is 11.6 Å². The summed E-state index contributed by atoms with van der Waals surface area (Å²) in [4.78, 5) is 44.7. The number of carboxylic acids is 1. The number of carbonyl (C=O) groups is 2. The lowest BCUT2D eigenvalue weighted by Gasteiger charge is -2.34. The summed E-state index contributed by atoms with van der Waals surface area (Å²) in [6.07, 6.45) is 3.77. The zero-order valence-electron chi connectivity index (χ0n) is 24.4. The summed E-state index contributed by atoms with van der Waals surface area (Å²) < 4.78 is 6.16. The van der Waals surface area contributed by atoms with Crippen molar-refractivity contribution < 1.29 is 19.4 Å². The number of aromatic nitrogens is 3. The highest BCUT2D eigenvalue weighted by Gasteiger charge is 2.21. The van der Waals surface area contributed by atoms with Gasteiger partial charge in [-0.05, 0) is 29.8 Å². The van der Waals surface area contributed by atoms with E-state index < -0.39 is 5.97 Å². The number of amides is 1. The molecule has 0 atom stereocenters. The Hall–Kier alpha value is -3.55. The maximum Gasteiger partial charge on any atom is 0.304 e. The Labute approximate surface area is 266 Å². The summed E-state index contributed by atoms with van der Waals surface area (Å²) >= 11 is 12.6. The Morgan fingerprint density at radius 3 is 2.02 bits per heavy atom. The van der Waals surface area contributed by atoms with Crippen LogP contribution in [-0.2, 0) is 16.1 Å². The molecule has 0 saturated carbocycles. The normalized spacial score (nSPS) is 16.6. The van der Waals surface area contributed by atoms with Crippen LogP contribution < -0.4 is 15.4 Å². The third-order valence-electron chi connectivity index (χ3n) is 7.70. The molecule has 2 aromatic heterocycles. The number of hydrogen-bond donors (Lipinski definition) is 2. The summed E-state index contributed by atoms with van der Waals surface area (Å²) in [5, 5.41) is 9.96. The molecule has 1 aromatic carbocycles. The topological polar surface area (TPSA) is 141 Å². The molecule has 234 valence electrons. The van der Waals surface area contributed by atoms with Crippen molar-refractivity contribution in [3.8, 4) is 22.9 Å². The number of primary amides is 1. The van der Waals surface area contributed by atoms with Gasteiger partial charge in [0.25, 0.3) is 0 Å². The van der Waals surface area contributed by atoms with E-state index in [-0.39, 0.29) is 12.3 Å². The molecule has 0 aliphatic carbocycles. The number of rotatable bonds is 12. The molecule has 3 N–H and O–H groups in total. The van der Waals surface area contributed by atoms with Gasteiger partial charge in [-0.15, -0.1) is 0 Å². The van der Waals surface area contributed by atoms with Crippen LogP contribution in [0.2, 0.25) is 10.0 Å². The van der Waals surface area contributed by atoms with Crippen LogP contribution in [-0.4, -0.2) is 112 Å². The number of anilines is 1. The second-order valence-corrected chi connectivity index (χ2v) is 11.9. The molecule has 0 radical (unpaired) electrons. The Bertz CT molecular complexity index is 1430. The van der Waals surface area contributed by atoms with Gasteiger partial charge in [0.2, 0.25) is 17.7 Å². The van der Waals surface area contributed by atoms with Crippen molar-refractivity contribution in [3.63, 3.8) is 0 Å². The van der Waals surface area contributed by atoms with E-state index in [0.29, 0.717) is 72.5 Å². The van der Waals surface area contributed by atoms with Crippen molar-refractivity contribution in [2.45, 2.75) is 19.4 Å². The number of ether oxygens (including phenoxy) is 1. The molecule has 5 rings (SSSR count). The highest BCUT2D eigenvalue weighted by atomic mass is 35.5. The summed E-state index contributed by atoms with van der Waals surface area (Å²) in [5.74, 6) is 0.388. The van der Waals surface area contributed by atoms with Crippen molar-refractivity contribution in [2.24, 2.45) is 5.73 Å². The van der Waals surface area contributed by atoms with Gasteiger partial charge in [0, 0.05) is 100 Å². The third kappa shape index (κ3) is 9.23. The number of carbonyl (C=O) groups excluding carboxylic acids is 1. The number of pyridine rings is 1. The second-order valence-electron chi connectivity index (χ2n) is 11.0. The van der Waals surface area contributed by atoms with E-state index in [1.165, 1.54) is 0 Å². The zero-order valence-corrected chi connectivity index (χ0v) is 25.9. The van der Waals surface area contributed by atoms with Gasteiger partial charge in [-0.1, -0.05) is 23.2 Å². The molecule has 2 aliphatic heterocycles. The molecule has 2 fully saturated rings. The minimum atomic E-state index is -0.786. The molecule has 0 bridgehead atoms. The summed E-state index contributed by atoms with van der Waals surface area (Å²) in [7, 11) is 0. The first-order valence-corrected chi connectivity index (χ1v) is 15.4. The Morgan fingerprint density at radius 1 is 0.818 bits per heavy atom. The minimum absolute atomic E-state index is 0.138. The van der Waals surface area contributed by atoms with Crippen molar-refractivity contribution >= 4 is 41.0 Å². The Balaban J connectivity index is 1.27. The predicted molar refractivity (Wildman–Crippen MR) is 168 cm³/mol. The van der Waals surface area contributed by atoms with E-state index in [1.54, 1.807) is 18.5 Å². The fourth-order valence-corrected chi connectivity index (χ4v) is 5.85. The van der Waals surface area contributed by atoms with Gasteiger partial charge in [0.15, 0.2) is 5.75 Å².